The van der Waals surface area contributed by atoms with Gasteiger partial charge in [0.05, 0.1) is 0 Å². The van der Waals surface area contributed by atoms with Crippen molar-refractivity contribution in [2.24, 2.45) is 17.2 Å². The van der Waals surface area contributed by atoms with Crippen molar-refractivity contribution in [3.05, 3.63) is 0 Å². The summed E-state index contributed by atoms with van der Waals surface area (Å²) < 4.78 is 0. The van der Waals surface area contributed by atoms with Crippen LogP contribution in [0.15, 0.2) is 0 Å². The van der Waals surface area contributed by atoms with E-state index < -0.39 is 54.1 Å². The molecule has 16 heteroatoms. The van der Waals surface area contributed by atoms with Crippen molar-refractivity contribution in [1.29, 1.82) is 10.8 Å². The van der Waals surface area contributed by atoms with Gasteiger partial charge in [-0.25, -0.2) is 0 Å². The first-order valence-corrected chi connectivity index (χ1v) is 10.9. The molecule has 0 aliphatic heterocycles. The summed E-state index contributed by atoms with van der Waals surface area (Å²) >= 11 is 0. The van der Waals surface area contributed by atoms with Gasteiger partial charge in [0.25, 0.3) is 0 Å². The molecule has 2 unspecified atom stereocenters. The van der Waals surface area contributed by atoms with Gasteiger partial charge in [0.1, 0.15) is 18.1 Å². The summed E-state index contributed by atoms with van der Waals surface area (Å²) in [5, 5.41) is 35.6. The van der Waals surface area contributed by atoms with Crippen LogP contribution in [0.5, 0.6) is 0 Å². The number of nitrogens with two attached hydrogens (primary N) is 3. The zero-order valence-electron chi connectivity index (χ0n) is 19.6. The van der Waals surface area contributed by atoms with Gasteiger partial charge in [0.15, 0.2) is 11.9 Å². The normalized spacial score (nSPS) is 12.8. The number of amides is 4. The van der Waals surface area contributed by atoms with E-state index in [9.17, 15) is 24.0 Å². The van der Waals surface area contributed by atoms with E-state index in [0.29, 0.717) is 12.8 Å². The summed E-state index contributed by atoms with van der Waals surface area (Å²) in [6.45, 7) is 1.73. The molecule has 0 aromatic heterocycles. The van der Waals surface area contributed by atoms with E-state index in [0.717, 1.165) is 0 Å². The zero-order valence-corrected chi connectivity index (χ0v) is 19.6. The van der Waals surface area contributed by atoms with E-state index in [2.05, 4.69) is 26.6 Å². The average Bonchev–Trinajstić information content (AvgIpc) is 2.74. The van der Waals surface area contributed by atoms with Crippen LogP contribution in [0.2, 0.25) is 0 Å². The van der Waals surface area contributed by atoms with E-state index in [-0.39, 0.29) is 44.3 Å². The first kappa shape index (κ1) is 30.9. The molecule has 198 valence electrons. The lowest BCUT2D eigenvalue weighted by atomic mass is 10.1. The number of carboxylic acid groups (broad SMARTS) is 1. The third-order valence-electron chi connectivity index (χ3n) is 4.60. The minimum atomic E-state index is -1.32. The standard InChI is InChI=1S/C19H36N10O6/c1-10(30)27-12(5-3-9-26-19(23)24)16(34)29-13(6-7-14(31)32)17(35)28-11(15(20)33)4-2-8-25-18(21)22/h11-13H,2-9H2,1H3,(H2,20,33)(H,27,30)(H,28,35)(H,29,34)(H,31,32)(H4,21,22,25)(H4,23,24,26)/t11-,12?,13?/m0/s1. The Hall–Kier alpha value is -4.11. The first-order chi connectivity index (χ1) is 16.3. The van der Waals surface area contributed by atoms with Crippen molar-refractivity contribution >= 4 is 41.5 Å². The molecule has 4 amide bonds. The second kappa shape index (κ2) is 16.5. The Morgan fingerprint density at radius 3 is 1.57 bits per heavy atom. The highest BCUT2D eigenvalue weighted by Crippen LogP contribution is 2.05. The third kappa shape index (κ3) is 15.4. The number of hydrogen-bond acceptors (Lipinski definition) is 7. The number of carboxylic acids is 1. The van der Waals surface area contributed by atoms with E-state index in [1.54, 1.807) is 0 Å². The predicted molar refractivity (Wildman–Crippen MR) is 126 cm³/mol. The number of hydrogen-bond donors (Lipinski definition) is 11. The van der Waals surface area contributed by atoms with Gasteiger partial charge in [-0.3, -0.25) is 34.8 Å². The monoisotopic (exact) mass is 500 g/mol. The summed E-state index contributed by atoms with van der Waals surface area (Å²) in [6, 6.07) is -3.46. The molecule has 14 N–H and O–H groups in total. The maximum absolute atomic E-state index is 12.8. The average molecular weight is 501 g/mol. The molecule has 16 nitrogen and oxygen atoms in total. The minimum absolute atomic E-state index is 0.110. The van der Waals surface area contributed by atoms with Crippen molar-refractivity contribution in [2.45, 2.75) is 63.6 Å². The molecule has 0 aliphatic rings. The third-order valence-corrected chi connectivity index (χ3v) is 4.60. The van der Waals surface area contributed by atoms with E-state index in [4.69, 9.17) is 33.1 Å². The van der Waals surface area contributed by atoms with Crippen molar-refractivity contribution in [1.82, 2.24) is 26.6 Å². The van der Waals surface area contributed by atoms with Crippen molar-refractivity contribution < 1.29 is 29.1 Å². The summed E-state index contributed by atoms with van der Waals surface area (Å²) in [7, 11) is 0. The highest BCUT2D eigenvalue weighted by atomic mass is 16.4. The minimum Gasteiger partial charge on any atom is -0.481 e. The van der Waals surface area contributed by atoms with Crippen LogP contribution in [-0.2, 0) is 24.0 Å². The predicted octanol–water partition coefficient (Wildman–Crippen LogP) is -3.66. The molecular weight excluding hydrogens is 464 g/mol. The fourth-order valence-electron chi connectivity index (χ4n) is 2.94. The summed E-state index contributed by atoms with van der Waals surface area (Å²) in [5.41, 5.74) is 15.7. The van der Waals surface area contributed by atoms with Crippen LogP contribution in [-0.4, -0.2) is 77.8 Å². The van der Waals surface area contributed by atoms with Gasteiger partial charge in [-0.1, -0.05) is 0 Å². The largest absolute Gasteiger partial charge is 0.481 e. The van der Waals surface area contributed by atoms with Crippen LogP contribution in [0, 0.1) is 10.8 Å². The lowest BCUT2D eigenvalue weighted by molar-refractivity contribution is -0.138. The molecule has 0 radical (unpaired) electrons. The molecular formula is C19H36N10O6. The fraction of sp³-hybridized carbons (Fsp3) is 0.632. The lowest BCUT2D eigenvalue weighted by Gasteiger charge is -2.24. The number of primary amides is 1. The van der Waals surface area contributed by atoms with Crippen LogP contribution < -0.4 is 43.8 Å². The Morgan fingerprint density at radius 2 is 1.17 bits per heavy atom. The molecule has 0 heterocycles. The highest BCUT2D eigenvalue weighted by molar-refractivity contribution is 5.94. The van der Waals surface area contributed by atoms with Crippen molar-refractivity contribution in [2.75, 3.05) is 13.1 Å². The summed E-state index contributed by atoms with van der Waals surface area (Å²) in [4.78, 5) is 59.9. The Kier molecular flexibility index (Phi) is 14.6. The zero-order chi connectivity index (χ0) is 27.0. The Labute approximate surface area is 202 Å². The van der Waals surface area contributed by atoms with Crippen molar-refractivity contribution in [3.8, 4) is 0 Å². The van der Waals surface area contributed by atoms with Crippen LogP contribution in [0.3, 0.4) is 0 Å². The number of carbonyl (C=O) groups excluding carboxylic acids is 4. The van der Waals surface area contributed by atoms with E-state index >= 15 is 0 Å². The van der Waals surface area contributed by atoms with Crippen molar-refractivity contribution in [3.63, 3.8) is 0 Å². The Balaban J connectivity index is 5.29. The SMILES string of the molecule is CC(=O)NC(CCCNC(=N)N)C(=O)NC(CCC(=O)O)C(=O)N[C@@H](CCCNC(=N)N)C(N)=O. The van der Waals surface area contributed by atoms with E-state index in [1.807, 2.05) is 0 Å². The summed E-state index contributed by atoms with van der Waals surface area (Å²) in [6.07, 6.45) is 0.212. The fourth-order valence-corrected chi connectivity index (χ4v) is 2.94. The Bertz CT molecular complexity index is 790. The maximum atomic E-state index is 12.8. The number of guanidine groups is 2. The van der Waals surface area contributed by atoms with Crippen LogP contribution in [0.1, 0.15) is 45.4 Å². The first-order valence-electron chi connectivity index (χ1n) is 10.9. The summed E-state index contributed by atoms with van der Waals surface area (Å²) in [5.74, 6) is -4.59. The molecule has 0 saturated carbocycles. The molecule has 0 aromatic carbocycles. The highest BCUT2D eigenvalue weighted by Gasteiger charge is 2.29. The molecule has 0 aliphatic carbocycles. The van der Waals surface area contributed by atoms with E-state index in [1.165, 1.54) is 6.92 Å². The second-order valence-corrected chi connectivity index (χ2v) is 7.68. The van der Waals surface area contributed by atoms with Gasteiger partial charge in [-0.05, 0) is 32.1 Å². The maximum Gasteiger partial charge on any atom is 0.303 e. The van der Waals surface area contributed by atoms with Crippen LogP contribution in [0.25, 0.3) is 0 Å². The van der Waals surface area contributed by atoms with Crippen LogP contribution >= 0.6 is 0 Å². The van der Waals surface area contributed by atoms with Gasteiger partial charge >= 0.3 is 5.97 Å². The van der Waals surface area contributed by atoms with Crippen LogP contribution in [0.4, 0.5) is 0 Å². The number of rotatable bonds is 17. The lowest BCUT2D eigenvalue weighted by Crippen LogP contribution is -2.56. The number of carbonyl (C=O) groups is 5. The Morgan fingerprint density at radius 1 is 0.743 bits per heavy atom. The number of aliphatic carboxylic acids is 1. The molecule has 0 aromatic rings. The van der Waals surface area contributed by atoms with Gasteiger partial charge in [0.2, 0.25) is 23.6 Å². The quantitative estimate of drug-likeness (QED) is 0.0528. The molecule has 3 atom stereocenters. The molecule has 0 fully saturated rings. The van der Waals surface area contributed by atoms with Gasteiger partial charge in [-0.15, -0.1) is 0 Å². The van der Waals surface area contributed by atoms with Gasteiger partial charge in [0, 0.05) is 26.4 Å². The molecule has 35 heavy (non-hydrogen) atoms. The smallest absolute Gasteiger partial charge is 0.303 e. The molecule has 0 rings (SSSR count). The topological polar surface area (TPSA) is 291 Å². The number of nitrogens with one attached hydrogen (secondary N) is 7. The van der Waals surface area contributed by atoms with Gasteiger partial charge in [-0.2, -0.15) is 0 Å². The molecule has 0 bridgehead atoms. The molecule has 0 spiro atoms. The second-order valence-electron chi connectivity index (χ2n) is 7.68. The molecule has 0 saturated heterocycles. The van der Waals surface area contributed by atoms with Gasteiger partial charge < -0.3 is 48.9 Å².